The summed E-state index contributed by atoms with van der Waals surface area (Å²) in [4.78, 5) is 12.5. The second kappa shape index (κ2) is 9.26. The third-order valence-electron chi connectivity index (χ3n) is 4.50. The van der Waals surface area contributed by atoms with Gasteiger partial charge >= 0.3 is 6.18 Å². The number of aryl methyl sites for hydroxylation is 1. The summed E-state index contributed by atoms with van der Waals surface area (Å²) < 4.78 is 64.1. The highest BCUT2D eigenvalue weighted by atomic mass is 35.5. The van der Waals surface area contributed by atoms with Crippen LogP contribution < -0.4 is 9.62 Å². The van der Waals surface area contributed by atoms with Crippen LogP contribution in [0.4, 0.5) is 18.9 Å². The number of amides is 1. The molecule has 0 spiro atoms. The van der Waals surface area contributed by atoms with Gasteiger partial charge < -0.3 is 5.32 Å². The Balaban J connectivity index is 2.26. The van der Waals surface area contributed by atoms with Gasteiger partial charge in [0.2, 0.25) is 15.9 Å². The van der Waals surface area contributed by atoms with E-state index < -0.39 is 45.9 Å². The summed E-state index contributed by atoms with van der Waals surface area (Å²) in [6.07, 6.45) is -3.03. The molecule has 0 heterocycles. The molecule has 0 bridgehead atoms. The highest BCUT2D eigenvalue weighted by Crippen LogP contribution is 2.36. The summed E-state index contributed by atoms with van der Waals surface area (Å²) >= 11 is 5.96. The van der Waals surface area contributed by atoms with Crippen LogP contribution in [-0.4, -0.2) is 27.1 Å². The quantitative estimate of drug-likeness (QED) is 0.655. The highest BCUT2D eigenvalue weighted by Gasteiger charge is 2.33. The van der Waals surface area contributed by atoms with Crippen molar-refractivity contribution in [3.05, 3.63) is 64.2 Å². The lowest BCUT2D eigenvalue weighted by Crippen LogP contribution is -2.41. The van der Waals surface area contributed by atoms with Gasteiger partial charge in [-0.25, -0.2) is 8.42 Å². The number of rotatable bonds is 7. The average Bonchev–Trinajstić information content (AvgIpc) is 2.65. The molecule has 0 saturated carbocycles. The number of benzene rings is 2. The number of carbonyl (C=O) groups excluding carboxylic acids is 1. The lowest BCUT2D eigenvalue weighted by molar-refractivity contribution is -0.137. The maximum absolute atomic E-state index is 13.0. The topological polar surface area (TPSA) is 66.5 Å². The molecule has 5 nitrogen and oxygen atoms in total. The van der Waals surface area contributed by atoms with Gasteiger partial charge in [0.15, 0.2) is 0 Å². The monoisotopic (exact) mass is 462 g/mol. The van der Waals surface area contributed by atoms with Gasteiger partial charge in [-0.3, -0.25) is 9.10 Å². The molecule has 1 amide bonds. The number of sulfonamides is 1. The third-order valence-corrected chi connectivity index (χ3v) is 5.94. The van der Waals surface area contributed by atoms with Gasteiger partial charge in [-0.05, 0) is 42.7 Å². The zero-order valence-electron chi connectivity index (χ0n) is 16.6. The number of nitrogens with zero attached hydrogens (tertiary/aromatic N) is 1. The molecule has 0 aliphatic carbocycles. The van der Waals surface area contributed by atoms with E-state index in [0.29, 0.717) is 10.4 Å². The Morgan fingerprint density at radius 3 is 2.27 bits per heavy atom. The SMILES string of the molecule is CCc1ccc([C@H](C)NC(=O)CN(c2cc(C(F)(F)F)ccc2Cl)S(C)(=O)=O)cc1. The standard InChI is InChI=1S/C20H22ClF3N2O3S/c1-4-14-5-7-15(8-6-14)13(2)25-19(27)12-26(30(3,28)29)18-11-16(20(22,23)24)9-10-17(18)21/h5-11,13H,4,12H2,1-3H3,(H,25,27)/t13-/m0/s1. The van der Waals surface area contributed by atoms with Crippen molar-refractivity contribution in [2.24, 2.45) is 0 Å². The first-order chi connectivity index (χ1) is 13.8. The van der Waals surface area contributed by atoms with Crippen LogP contribution in [0.1, 0.15) is 36.6 Å². The summed E-state index contributed by atoms with van der Waals surface area (Å²) in [6.45, 7) is 3.02. The van der Waals surface area contributed by atoms with Crippen LogP contribution in [-0.2, 0) is 27.4 Å². The van der Waals surface area contributed by atoms with E-state index in [1.54, 1.807) is 6.92 Å². The maximum Gasteiger partial charge on any atom is 0.416 e. The van der Waals surface area contributed by atoms with E-state index in [2.05, 4.69) is 5.32 Å². The first-order valence-corrected chi connectivity index (χ1v) is 11.3. The Kier molecular flexibility index (Phi) is 7.41. The fourth-order valence-corrected chi connectivity index (χ4v) is 3.93. The minimum atomic E-state index is -4.69. The van der Waals surface area contributed by atoms with Crippen molar-refractivity contribution in [2.75, 3.05) is 17.1 Å². The summed E-state index contributed by atoms with van der Waals surface area (Å²) in [6, 6.07) is 9.42. The Hall–Kier alpha value is -2.26. The molecule has 2 aromatic rings. The molecule has 30 heavy (non-hydrogen) atoms. The molecular formula is C20H22ClF3N2O3S. The van der Waals surface area contributed by atoms with Gasteiger partial charge in [0.25, 0.3) is 0 Å². The number of hydrogen-bond donors (Lipinski definition) is 1. The average molecular weight is 463 g/mol. The molecule has 0 aliphatic heterocycles. The number of anilines is 1. The van der Waals surface area contributed by atoms with E-state index >= 15 is 0 Å². The number of carbonyl (C=O) groups is 1. The van der Waals surface area contributed by atoms with Crippen molar-refractivity contribution in [3.63, 3.8) is 0 Å². The van der Waals surface area contributed by atoms with Gasteiger partial charge in [0, 0.05) is 0 Å². The van der Waals surface area contributed by atoms with Crippen LogP contribution in [0.25, 0.3) is 0 Å². The van der Waals surface area contributed by atoms with Crippen LogP contribution in [0.5, 0.6) is 0 Å². The van der Waals surface area contributed by atoms with Gasteiger partial charge in [-0.1, -0.05) is 42.8 Å². The zero-order chi connectivity index (χ0) is 22.7. The minimum absolute atomic E-state index is 0.218. The molecule has 0 radical (unpaired) electrons. The normalized spacial score (nSPS) is 13.0. The third kappa shape index (κ3) is 6.12. The first kappa shape index (κ1) is 24.0. The van der Waals surface area contributed by atoms with Crippen LogP contribution in [0.2, 0.25) is 5.02 Å². The van der Waals surface area contributed by atoms with Gasteiger partial charge in [0.05, 0.1) is 28.6 Å². The van der Waals surface area contributed by atoms with Crippen molar-refractivity contribution in [1.29, 1.82) is 0 Å². The number of alkyl halides is 3. The van der Waals surface area contributed by atoms with Crippen LogP contribution in [0.15, 0.2) is 42.5 Å². The van der Waals surface area contributed by atoms with E-state index in [4.69, 9.17) is 11.6 Å². The second-order valence-electron chi connectivity index (χ2n) is 6.82. The van der Waals surface area contributed by atoms with Crippen LogP contribution >= 0.6 is 11.6 Å². The molecule has 1 N–H and O–H groups in total. The molecule has 1 atom stereocenters. The molecule has 2 rings (SSSR count). The lowest BCUT2D eigenvalue weighted by Gasteiger charge is -2.25. The molecule has 0 saturated heterocycles. The summed E-state index contributed by atoms with van der Waals surface area (Å²) in [5.41, 5.74) is 0.452. The van der Waals surface area contributed by atoms with E-state index in [9.17, 15) is 26.4 Å². The van der Waals surface area contributed by atoms with Crippen molar-refractivity contribution in [3.8, 4) is 0 Å². The fraction of sp³-hybridized carbons (Fsp3) is 0.350. The van der Waals surface area contributed by atoms with Crippen molar-refractivity contribution < 1.29 is 26.4 Å². The zero-order valence-corrected chi connectivity index (χ0v) is 18.2. The van der Waals surface area contributed by atoms with E-state index in [-0.39, 0.29) is 5.02 Å². The lowest BCUT2D eigenvalue weighted by atomic mass is 10.1. The number of halogens is 4. The molecular weight excluding hydrogens is 441 g/mol. The fourth-order valence-electron chi connectivity index (χ4n) is 2.80. The van der Waals surface area contributed by atoms with Crippen LogP contribution in [0, 0.1) is 0 Å². The largest absolute Gasteiger partial charge is 0.416 e. The molecule has 2 aromatic carbocycles. The van der Waals surface area contributed by atoms with Crippen molar-refractivity contribution >= 4 is 33.2 Å². The van der Waals surface area contributed by atoms with Crippen LogP contribution in [0.3, 0.4) is 0 Å². The van der Waals surface area contributed by atoms with Gasteiger partial charge in [0.1, 0.15) is 6.54 Å². The molecule has 0 aliphatic rings. The van der Waals surface area contributed by atoms with Crippen molar-refractivity contribution in [2.45, 2.75) is 32.5 Å². The van der Waals surface area contributed by atoms with Gasteiger partial charge in [-0.15, -0.1) is 0 Å². The van der Waals surface area contributed by atoms with Gasteiger partial charge in [-0.2, -0.15) is 13.2 Å². The minimum Gasteiger partial charge on any atom is -0.348 e. The summed E-state index contributed by atoms with van der Waals surface area (Å²) in [7, 11) is -4.09. The highest BCUT2D eigenvalue weighted by molar-refractivity contribution is 7.92. The summed E-state index contributed by atoms with van der Waals surface area (Å²) in [5.74, 6) is -0.680. The molecule has 0 unspecified atom stereocenters. The maximum atomic E-state index is 13.0. The molecule has 10 heteroatoms. The molecule has 0 aromatic heterocycles. The Morgan fingerprint density at radius 1 is 1.17 bits per heavy atom. The predicted molar refractivity (Wildman–Crippen MR) is 111 cm³/mol. The van der Waals surface area contributed by atoms with E-state index in [0.717, 1.165) is 35.9 Å². The Morgan fingerprint density at radius 2 is 1.77 bits per heavy atom. The Bertz CT molecular complexity index is 1010. The first-order valence-electron chi connectivity index (χ1n) is 9.05. The predicted octanol–water partition coefficient (Wildman–Crippen LogP) is 4.56. The van der Waals surface area contributed by atoms with Crippen molar-refractivity contribution in [1.82, 2.24) is 5.32 Å². The Labute approximate surface area is 178 Å². The van der Waals surface area contributed by atoms with E-state index in [1.807, 2.05) is 31.2 Å². The number of hydrogen-bond acceptors (Lipinski definition) is 3. The number of nitrogens with one attached hydrogen (secondary N) is 1. The summed E-state index contributed by atoms with van der Waals surface area (Å²) in [5, 5.41) is 2.44. The smallest absolute Gasteiger partial charge is 0.348 e. The molecule has 164 valence electrons. The van der Waals surface area contributed by atoms with E-state index in [1.165, 1.54) is 0 Å². The molecule has 0 fully saturated rings. The second-order valence-corrected chi connectivity index (χ2v) is 9.13.